The minimum atomic E-state index is 0.655. The van der Waals surface area contributed by atoms with Crippen molar-refractivity contribution >= 4 is 22.6 Å². The highest BCUT2D eigenvalue weighted by Crippen LogP contribution is 2.29. The first-order chi connectivity index (χ1) is 8.33. The molecule has 0 aliphatic carbocycles. The molecule has 84 valence electrons. The Bertz CT molecular complexity index is 663. The van der Waals surface area contributed by atoms with Crippen LogP contribution in [-0.2, 0) is 0 Å². The van der Waals surface area contributed by atoms with E-state index in [1.165, 1.54) is 0 Å². The number of fused-ring (bicyclic) bond motifs is 1. The normalized spacial score (nSPS) is 10.6. The van der Waals surface area contributed by atoms with Gasteiger partial charge in [0.25, 0.3) is 0 Å². The average molecular weight is 245 g/mol. The Labute approximate surface area is 103 Å². The lowest BCUT2D eigenvalue weighted by molar-refractivity contribution is 0.488. The number of aromatic nitrogens is 2. The van der Waals surface area contributed by atoms with E-state index in [1.807, 2.05) is 36.5 Å². The zero-order valence-corrected chi connectivity index (χ0v) is 9.61. The fraction of sp³-hybridized carbons (Fsp3) is 0. The van der Waals surface area contributed by atoms with E-state index < -0.39 is 0 Å². The summed E-state index contributed by atoms with van der Waals surface area (Å²) in [7, 11) is 0. The molecule has 0 saturated carbocycles. The van der Waals surface area contributed by atoms with Crippen LogP contribution in [0.4, 0.5) is 0 Å². The van der Waals surface area contributed by atoms with Gasteiger partial charge >= 0.3 is 0 Å². The van der Waals surface area contributed by atoms with Gasteiger partial charge in [0, 0.05) is 17.4 Å². The zero-order valence-electron chi connectivity index (χ0n) is 8.85. The first kappa shape index (κ1) is 10.2. The topological polar surface area (TPSA) is 37.9 Å². The number of benzene rings is 1. The molecule has 0 unspecified atom stereocenters. The number of nitrogens with zero attached hydrogens (tertiary/aromatic N) is 1. The Morgan fingerprint density at radius 3 is 3.00 bits per heavy atom. The summed E-state index contributed by atoms with van der Waals surface area (Å²) >= 11 is 5.91. The summed E-state index contributed by atoms with van der Waals surface area (Å²) in [5.41, 5.74) is 0.810. The van der Waals surface area contributed by atoms with E-state index >= 15 is 0 Å². The van der Waals surface area contributed by atoms with Crippen molar-refractivity contribution in [2.45, 2.75) is 0 Å². The molecule has 17 heavy (non-hydrogen) atoms. The largest absolute Gasteiger partial charge is 0.456 e. The Balaban J connectivity index is 2.02. The second-order valence-electron chi connectivity index (χ2n) is 3.61. The highest BCUT2D eigenvalue weighted by molar-refractivity contribution is 6.30. The predicted molar refractivity (Wildman–Crippen MR) is 67.6 cm³/mol. The van der Waals surface area contributed by atoms with Gasteiger partial charge in [-0.15, -0.1) is 0 Å². The van der Waals surface area contributed by atoms with Crippen molar-refractivity contribution < 1.29 is 4.74 Å². The van der Waals surface area contributed by atoms with Crippen molar-refractivity contribution in [3.8, 4) is 11.5 Å². The summed E-state index contributed by atoms with van der Waals surface area (Å²) in [5, 5.41) is 1.61. The minimum absolute atomic E-state index is 0.655. The van der Waals surface area contributed by atoms with Crippen LogP contribution < -0.4 is 4.74 Å². The van der Waals surface area contributed by atoms with Crippen LogP contribution in [0.3, 0.4) is 0 Å². The van der Waals surface area contributed by atoms with Gasteiger partial charge < -0.3 is 9.72 Å². The van der Waals surface area contributed by atoms with Crippen molar-refractivity contribution in [2.24, 2.45) is 0 Å². The van der Waals surface area contributed by atoms with E-state index in [9.17, 15) is 0 Å². The fourth-order valence-electron chi connectivity index (χ4n) is 1.68. The SMILES string of the molecule is Clc1cccc(Oc2ccnc3[nH]ccc23)c1. The smallest absolute Gasteiger partial charge is 0.140 e. The zero-order chi connectivity index (χ0) is 11.7. The van der Waals surface area contributed by atoms with E-state index in [-0.39, 0.29) is 0 Å². The van der Waals surface area contributed by atoms with Crippen LogP contribution >= 0.6 is 11.6 Å². The molecule has 0 spiro atoms. The van der Waals surface area contributed by atoms with Crippen LogP contribution in [0.25, 0.3) is 11.0 Å². The fourth-order valence-corrected chi connectivity index (χ4v) is 1.86. The molecule has 0 aliphatic rings. The summed E-state index contributed by atoms with van der Waals surface area (Å²) < 4.78 is 5.79. The molecule has 0 bridgehead atoms. The van der Waals surface area contributed by atoms with Crippen LogP contribution in [0.5, 0.6) is 11.5 Å². The molecule has 0 amide bonds. The van der Waals surface area contributed by atoms with Gasteiger partial charge in [-0.2, -0.15) is 0 Å². The monoisotopic (exact) mass is 244 g/mol. The third-order valence-corrected chi connectivity index (χ3v) is 2.68. The van der Waals surface area contributed by atoms with Gasteiger partial charge in [0.15, 0.2) is 0 Å². The summed E-state index contributed by atoms with van der Waals surface area (Å²) in [6, 6.07) is 11.1. The molecule has 0 fully saturated rings. The number of pyridine rings is 1. The highest BCUT2D eigenvalue weighted by atomic mass is 35.5. The van der Waals surface area contributed by atoms with Gasteiger partial charge in [0.1, 0.15) is 17.1 Å². The molecule has 3 aromatic rings. The second-order valence-corrected chi connectivity index (χ2v) is 4.04. The van der Waals surface area contributed by atoms with Crippen LogP contribution in [0.2, 0.25) is 5.02 Å². The van der Waals surface area contributed by atoms with Gasteiger partial charge in [0.05, 0.1) is 5.39 Å². The van der Waals surface area contributed by atoms with Crippen molar-refractivity contribution in [3.05, 3.63) is 53.8 Å². The molecule has 0 atom stereocenters. The number of ether oxygens (including phenoxy) is 1. The summed E-state index contributed by atoms with van der Waals surface area (Å²) in [6.45, 7) is 0. The molecule has 3 nitrogen and oxygen atoms in total. The summed E-state index contributed by atoms with van der Waals surface area (Å²) in [5.74, 6) is 1.48. The molecular weight excluding hydrogens is 236 g/mol. The second kappa shape index (κ2) is 4.11. The quantitative estimate of drug-likeness (QED) is 0.740. The first-order valence-corrected chi connectivity index (χ1v) is 5.56. The van der Waals surface area contributed by atoms with E-state index in [0.29, 0.717) is 10.8 Å². The number of aromatic amines is 1. The maximum absolute atomic E-state index is 5.91. The average Bonchev–Trinajstić information content (AvgIpc) is 2.78. The molecule has 1 N–H and O–H groups in total. The maximum Gasteiger partial charge on any atom is 0.140 e. The van der Waals surface area contributed by atoms with Gasteiger partial charge in [-0.25, -0.2) is 4.98 Å². The van der Waals surface area contributed by atoms with Gasteiger partial charge in [-0.1, -0.05) is 17.7 Å². The minimum Gasteiger partial charge on any atom is -0.456 e. The van der Waals surface area contributed by atoms with Gasteiger partial charge in [0.2, 0.25) is 0 Å². The molecule has 1 aromatic carbocycles. The summed E-state index contributed by atoms with van der Waals surface area (Å²) in [6.07, 6.45) is 3.54. The summed E-state index contributed by atoms with van der Waals surface area (Å²) in [4.78, 5) is 7.24. The van der Waals surface area contributed by atoms with E-state index in [4.69, 9.17) is 16.3 Å². The molecule has 0 saturated heterocycles. The van der Waals surface area contributed by atoms with Crippen molar-refractivity contribution in [3.63, 3.8) is 0 Å². The van der Waals surface area contributed by atoms with Crippen LogP contribution in [-0.4, -0.2) is 9.97 Å². The molecule has 2 aromatic heterocycles. The number of hydrogen-bond acceptors (Lipinski definition) is 2. The van der Waals surface area contributed by atoms with Crippen LogP contribution in [0.15, 0.2) is 48.8 Å². The Kier molecular flexibility index (Phi) is 2.46. The molecule has 0 aliphatic heterocycles. The molecule has 0 radical (unpaired) electrons. The number of H-pyrrole nitrogens is 1. The third kappa shape index (κ3) is 1.97. The first-order valence-electron chi connectivity index (χ1n) is 5.18. The predicted octanol–water partition coefficient (Wildman–Crippen LogP) is 4.01. The lowest BCUT2D eigenvalue weighted by Crippen LogP contribution is -1.86. The third-order valence-electron chi connectivity index (χ3n) is 2.44. The number of nitrogens with one attached hydrogen (secondary N) is 1. The van der Waals surface area contributed by atoms with E-state index in [1.54, 1.807) is 12.3 Å². The van der Waals surface area contributed by atoms with Gasteiger partial charge in [-0.05, 0) is 30.3 Å². The van der Waals surface area contributed by atoms with Gasteiger partial charge in [-0.3, -0.25) is 0 Å². The van der Waals surface area contributed by atoms with Crippen LogP contribution in [0.1, 0.15) is 0 Å². The standard InChI is InChI=1S/C13H9ClN2O/c14-9-2-1-3-10(8-9)17-12-5-7-16-13-11(12)4-6-15-13/h1-8H,(H,15,16). The maximum atomic E-state index is 5.91. The van der Waals surface area contributed by atoms with Crippen molar-refractivity contribution in [2.75, 3.05) is 0 Å². The lowest BCUT2D eigenvalue weighted by Gasteiger charge is -2.06. The van der Waals surface area contributed by atoms with Crippen LogP contribution in [0, 0.1) is 0 Å². The van der Waals surface area contributed by atoms with E-state index in [0.717, 1.165) is 16.8 Å². The highest BCUT2D eigenvalue weighted by Gasteiger charge is 2.04. The van der Waals surface area contributed by atoms with Crippen molar-refractivity contribution in [1.29, 1.82) is 0 Å². The van der Waals surface area contributed by atoms with Crippen molar-refractivity contribution in [1.82, 2.24) is 9.97 Å². The lowest BCUT2D eigenvalue weighted by atomic mass is 10.3. The Morgan fingerprint density at radius 2 is 2.12 bits per heavy atom. The molecular formula is C13H9ClN2O. The molecule has 2 heterocycles. The Hall–Kier alpha value is -2.00. The Morgan fingerprint density at radius 1 is 1.18 bits per heavy atom. The molecule has 4 heteroatoms. The van der Waals surface area contributed by atoms with E-state index in [2.05, 4.69) is 9.97 Å². The number of rotatable bonds is 2. The number of halogens is 1. The molecule has 3 rings (SSSR count). The number of hydrogen-bond donors (Lipinski definition) is 1.